The van der Waals surface area contributed by atoms with Gasteiger partial charge in [-0.3, -0.25) is 10.1 Å². The summed E-state index contributed by atoms with van der Waals surface area (Å²) in [5, 5.41) is 10.5. The van der Waals surface area contributed by atoms with Crippen LogP contribution in [0.25, 0.3) is 0 Å². The maximum atomic E-state index is 10.5. The van der Waals surface area contributed by atoms with Gasteiger partial charge in [0.1, 0.15) is 12.7 Å². The van der Waals surface area contributed by atoms with Crippen molar-refractivity contribution in [3.63, 3.8) is 0 Å². The van der Waals surface area contributed by atoms with E-state index in [2.05, 4.69) is 0 Å². The van der Waals surface area contributed by atoms with E-state index in [1.807, 2.05) is 0 Å². The van der Waals surface area contributed by atoms with Crippen molar-refractivity contribution < 1.29 is 14.4 Å². The lowest BCUT2D eigenvalue weighted by Crippen LogP contribution is -2.35. The third kappa shape index (κ3) is 1.84. The number of nitrogens with two attached hydrogens (primary N) is 1. The Morgan fingerprint density at radius 3 is 3.00 bits per heavy atom. The van der Waals surface area contributed by atoms with Crippen LogP contribution in [0, 0.1) is 10.1 Å². The van der Waals surface area contributed by atoms with Gasteiger partial charge in [0.15, 0.2) is 11.5 Å². The number of ether oxygens (including phenoxy) is 2. The van der Waals surface area contributed by atoms with E-state index in [0.717, 1.165) is 0 Å². The fourth-order valence-electron chi connectivity index (χ4n) is 1.33. The minimum Gasteiger partial charge on any atom is -0.486 e. The maximum Gasteiger partial charge on any atom is 0.273 e. The second-order valence-corrected chi connectivity index (χ2v) is 3.17. The predicted molar refractivity (Wildman–Crippen MR) is 52.1 cm³/mol. The number of nitro benzene ring substituents is 1. The van der Waals surface area contributed by atoms with Gasteiger partial charge in [0.2, 0.25) is 0 Å². The van der Waals surface area contributed by atoms with Crippen molar-refractivity contribution in [2.45, 2.75) is 6.10 Å². The van der Waals surface area contributed by atoms with E-state index in [0.29, 0.717) is 24.7 Å². The molecule has 6 nitrogen and oxygen atoms in total. The molecule has 1 aromatic rings. The molecule has 15 heavy (non-hydrogen) atoms. The predicted octanol–water partition coefficient (Wildman–Crippen LogP) is 0.693. The number of rotatable bonds is 2. The maximum absolute atomic E-state index is 10.5. The van der Waals surface area contributed by atoms with Crippen molar-refractivity contribution in [2.24, 2.45) is 5.73 Å². The van der Waals surface area contributed by atoms with Crippen LogP contribution >= 0.6 is 0 Å². The average molecular weight is 210 g/mol. The lowest BCUT2D eigenvalue weighted by molar-refractivity contribution is -0.385. The van der Waals surface area contributed by atoms with Crippen LogP contribution in [0.3, 0.4) is 0 Å². The van der Waals surface area contributed by atoms with Crippen molar-refractivity contribution in [1.82, 2.24) is 0 Å². The molecule has 0 aromatic heterocycles. The molecule has 1 atom stereocenters. The van der Waals surface area contributed by atoms with Gasteiger partial charge in [0, 0.05) is 12.6 Å². The van der Waals surface area contributed by atoms with Gasteiger partial charge in [-0.1, -0.05) is 0 Å². The third-order valence-corrected chi connectivity index (χ3v) is 2.12. The van der Waals surface area contributed by atoms with E-state index in [1.165, 1.54) is 18.2 Å². The topological polar surface area (TPSA) is 87.6 Å². The number of nitro groups is 1. The molecule has 0 fully saturated rings. The van der Waals surface area contributed by atoms with Crippen LogP contribution in [-0.2, 0) is 0 Å². The second-order valence-electron chi connectivity index (χ2n) is 3.17. The number of nitrogens with zero attached hydrogens (tertiary/aromatic N) is 1. The fraction of sp³-hybridized carbons (Fsp3) is 0.333. The van der Waals surface area contributed by atoms with Gasteiger partial charge in [0.05, 0.1) is 11.0 Å². The average Bonchev–Trinajstić information content (AvgIpc) is 2.27. The van der Waals surface area contributed by atoms with Gasteiger partial charge in [-0.05, 0) is 6.07 Å². The number of hydrogen-bond donors (Lipinski definition) is 1. The third-order valence-electron chi connectivity index (χ3n) is 2.12. The smallest absolute Gasteiger partial charge is 0.273 e. The van der Waals surface area contributed by atoms with E-state index in [9.17, 15) is 10.1 Å². The molecule has 80 valence electrons. The lowest BCUT2D eigenvalue weighted by Gasteiger charge is -2.25. The van der Waals surface area contributed by atoms with E-state index in [4.69, 9.17) is 15.2 Å². The summed E-state index contributed by atoms with van der Waals surface area (Å²) in [5.41, 5.74) is 5.40. The first-order valence-electron chi connectivity index (χ1n) is 4.48. The van der Waals surface area contributed by atoms with Crippen LogP contribution < -0.4 is 15.2 Å². The van der Waals surface area contributed by atoms with Gasteiger partial charge < -0.3 is 15.2 Å². The Morgan fingerprint density at radius 2 is 2.33 bits per heavy atom. The Labute approximate surface area is 85.7 Å². The molecule has 0 spiro atoms. The standard InChI is InChI=1S/C9H10N2O4/c10-4-7-5-14-8-2-1-6(11(12)13)3-9(8)15-7/h1-3,7H,4-5,10H2/t7-/m1/s1. The zero-order chi connectivity index (χ0) is 10.8. The molecule has 6 heteroatoms. The zero-order valence-corrected chi connectivity index (χ0v) is 7.88. The summed E-state index contributed by atoms with van der Waals surface area (Å²) in [4.78, 5) is 10.0. The summed E-state index contributed by atoms with van der Waals surface area (Å²) >= 11 is 0. The molecule has 2 N–H and O–H groups in total. The molecule has 0 saturated carbocycles. The van der Waals surface area contributed by atoms with Crippen LogP contribution in [-0.4, -0.2) is 24.2 Å². The first kappa shape index (κ1) is 9.72. The Morgan fingerprint density at radius 1 is 1.53 bits per heavy atom. The minimum atomic E-state index is -0.476. The molecule has 0 radical (unpaired) electrons. The highest BCUT2D eigenvalue weighted by Crippen LogP contribution is 2.34. The molecular formula is C9H10N2O4. The Kier molecular flexibility index (Phi) is 2.42. The summed E-state index contributed by atoms with van der Waals surface area (Å²) in [7, 11) is 0. The summed E-state index contributed by atoms with van der Waals surface area (Å²) < 4.78 is 10.8. The van der Waals surface area contributed by atoms with Crippen molar-refractivity contribution in [3.05, 3.63) is 28.3 Å². The first-order valence-corrected chi connectivity index (χ1v) is 4.48. The molecule has 1 aliphatic rings. The van der Waals surface area contributed by atoms with E-state index in [1.54, 1.807) is 0 Å². The normalized spacial score (nSPS) is 18.6. The monoisotopic (exact) mass is 210 g/mol. The zero-order valence-electron chi connectivity index (χ0n) is 7.88. The summed E-state index contributed by atoms with van der Waals surface area (Å²) in [6.45, 7) is 0.698. The second kappa shape index (κ2) is 3.74. The molecule has 1 heterocycles. The number of benzene rings is 1. The first-order chi connectivity index (χ1) is 7.20. The number of non-ortho nitro benzene ring substituents is 1. The van der Waals surface area contributed by atoms with Gasteiger partial charge in [-0.25, -0.2) is 0 Å². The highest BCUT2D eigenvalue weighted by atomic mass is 16.6. The minimum absolute atomic E-state index is 0.0185. The molecular weight excluding hydrogens is 200 g/mol. The van der Waals surface area contributed by atoms with E-state index >= 15 is 0 Å². The van der Waals surface area contributed by atoms with Gasteiger partial charge in [0.25, 0.3) is 5.69 Å². The molecule has 0 aliphatic carbocycles. The Balaban J connectivity index is 2.30. The van der Waals surface area contributed by atoms with Gasteiger partial charge in [-0.15, -0.1) is 0 Å². The van der Waals surface area contributed by atoms with E-state index in [-0.39, 0.29) is 11.8 Å². The molecule has 0 amide bonds. The molecule has 0 saturated heterocycles. The Hall–Kier alpha value is -1.82. The highest BCUT2D eigenvalue weighted by molar-refractivity contribution is 5.49. The SMILES string of the molecule is NC[C@@H]1COc2ccc([N+](=O)[O-])cc2O1. The number of fused-ring (bicyclic) bond motifs is 1. The van der Waals surface area contributed by atoms with Gasteiger partial charge in [-0.2, -0.15) is 0 Å². The van der Waals surface area contributed by atoms with Crippen molar-refractivity contribution in [1.29, 1.82) is 0 Å². The molecule has 1 aliphatic heterocycles. The van der Waals surface area contributed by atoms with Crippen LogP contribution in [0.1, 0.15) is 0 Å². The van der Waals surface area contributed by atoms with Crippen molar-refractivity contribution >= 4 is 5.69 Å². The molecule has 2 rings (SSSR count). The number of hydrogen-bond acceptors (Lipinski definition) is 5. The van der Waals surface area contributed by atoms with Crippen LogP contribution in [0.4, 0.5) is 5.69 Å². The highest BCUT2D eigenvalue weighted by Gasteiger charge is 2.22. The largest absolute Gasteiger partial charge is 0.486 e. The summed E-state index contributed by atoms with van der Waals surface area (Å²) in [6.07, 6.45) is -0.237. The van der Waals surface area contributed by atoms with Crippen LogP contribution in [0.5, 0.6) is 11.5 Å². The van der Waals surface area contributed by atoms with Crippen LogP contribution in [0.2, 0.25) is 0 Å². The van der Waals surface area contributed by atoms with E-state index < -0.39 is 4.92 Å². The molecule has 0 unspecified atom stereocenters. The quantitative estimate of drug-likeness (QED) is 0.573. The fourth-order valence-corrected chi connectivity index (χ4v) is 1.33. The summed E-state index contributed by atoms with van der Waals surface area (Å²) in [6, 6.07) is 4.25. The van der Waals surface area contributed by atoms with Crippen molar-refractivity contribution in [3.8, 4) is 11.5 Å². The molecule has 1 aromatic carbocycles. The lowest BCUT2D eigenvalue weighted by atomic mass is 10.2. The summed E-state index contributed by atoms with van der Waals surface area (Å²) in [5.74, 6) is 0.899. The Bertz CT molecular complexity index is 394. The van der Waals surface area contributed by atoms with Crippen molar-refractivity contribution in [2.75, 3.05) is 13.2 Å². The molecule has 0 bridgehead atoms. The van der Waals surface area contributed by atoms with Crippen LogP contribution in [0.15, 0.2) is 18.2 Å². The van der Waals surface area contributed by atoms with Gasteiger partial charge >= 0.3 is 0 Å².